The SMILES string of the molecule is O=C(CNc1ccc(Cl)cc1F)Nc1ccccc1C(=O)O. The summed E-state index contributed by atoms with van der Waals surface area (Å²) >= 11 is 5.63. The van der Waals surface area contributed by atoms with Crippen LogP contribution >= 0.6 is 11.6 Å². The molecule has 5 nitrogen and oxygen atoms in total. The third-order valence-electron chi connectivity index (χ3n) is 2.80. The molecule has 114 valence electrons. The number of rotatable bonds is 5. The maximum atomic E-state index is 13.5. The first-order valence-electron chi connectivity index (χ1n) is 6.28. The van der Waals surface area contributed by atoms with Gasteiger partial charge < -0.3 is 15.7 Å². The van der Waals surface area contributed by atoms with Gasteiger partial charge in [0.1, 0.15) is 5.82 Å². The number of carbonyl (C=O) groups excluding carboxylic acids is 1. The zero-order chi connectivity index (χ0) is 16.1. The first-order chi connectivity index (χ1) is 10.5. The van der Waals surface area contributed by atoms with Gasteiger partial charge in [-0.05, 0) is 30.3 Å². The molecule has 0 saturated carbocycles. The first kappa shape index (κ1) is 15.8. The highest BCUT2D eigenvalue weighted by molar-refractivity contribution is 6.30. The van der Waals surface area contributed by atoms with E-state index in [9.17, 15) is 14.0 Å². The Labute approximate surface area is 130 Å². The van der Waals surface area contributed by atoms with Gasteiger partial charge in [-0.25, -0.2) is 9.18 Å². The van der Waals surface area contributed by atoms with E-state index < -0.39 is 17.7 Å². The van der Waals surface area contributed by atoms with E-state index in [2.05, 4.69) is 10.6 Å². The van der Waals surface area contributed by atoms with Gasteiger partial charge in [0.2, 0.25) is 5.91 Å². The number of aromatic carboxylic acids is 1. The number of carboxylic acids is 1. The van der Waals surface area contributed by atoms with Crippen molar-refractivity contribution in [3.8, 4) is 0 Å². The maximum Gasteiger partial charge on any atom is 0.337 e. The van der Waals surface area contributed by atoms with Crippen LogP contribution in [0.15, 0.2) is 42.5 Å². The van der Waals surface area contributed by atoms with Crippen LogP contribution in [0.25, 0.3) is 0 Å². The van der Waals surface area contributed by atoms with Crippen molar-refractivity contribution in [3.63, 3.8) is 0 Å². The summed E-state index contributed by atoms with van der Waals surface area (Å²) in [6, 6.07) is 10.0. The molecule has 0 atom stereocenters. The summed E-state index contributed by atoms with van der Waals surface area (Å²) < 4.78 is 13.5. The molecule has 0 aliphatic carbocycles. The van der Waals surface area contributed by atoms with Gasteiger partial charge in [0, 0.05) is 5.02 Å². The summed E-state index contributed by atoms with van der Waals surface area (Å²) in [4.78, 5) is 22.9. The number of carboxylic acid groups (broad SMARTS) is 1. The highest BCUT2D eigenvalue weighted by Gasteiger charge is 2.12. The molecule has 0 saturated heterocycles. The van der Waals surface area contributed by atoms with Gasteiger partial charge in [0.15, 0.2) is 0 Å². The first-order valence-corrected chi connectivity index (χ1v) is 6.66. The van der Waals surface area contributed by atoms with Crippen molar-refractivity contribution in [2.24, 2.45) is 0 Å². The summed E-state index contributed by atoms with van der Waals surface area (Å²) in [5, 5.41) is 14.4. The topological polar surface area (TPSA) is 78.4 Å². The number of hydrogen-bond acceptors (Lipinski definition) is 3. The Kier molecular flexibility index (Phi) is 4.95. The lowest BCUT2D eigenvalue weighted by molar-refractivity contribution is -0.114. The van der Waals surface area contributed by atoms with Gasteiger partial charge in [-0.3, -0.25) is 4.79 Å². The van der Waals surface area contributed by atoms with E-state index in [0.29, 0.717) is 0 Å². The van der Waals surface area contributed by atoms with E-state index in [4.69, 9.17) is 16.7 Å². The number of carbonyl (C=O) groups is 2. The Hall–Kier alpha value is -2.60. The van der Waals surface area contributed by atoms with Crippen LogP contribution in [0.1, 0.15) is 10.4 Å². The number of halogens is 2. The minimum Gasteiger partial charge on any atom is -0.478 e. The number of amides is 1. The predicted molar refractivity (Wildman–Crippen MR) is 81.9 cm³/mol. The van der Waals surface area contributed by atoms with Crippen molar-refractivity contribution < 1.29 is 19.1 Å². The monoisotopic (exact) mass is 322 g/mol. The molecule has 1 amide bonds. The van der Waals surface area contributed by atoms with Crippen LogP contribution in [0.4, 0.5) is 15.8 Å². The number of anilines is 2. The van der Waals surface area contributed by atoms with Gasteiger partial charge >= 0.3 is 5.97 Å². The Morgan fingerprint density at radius 2 is 1.86 bits per heavy atom. The van der Waals surface area contributed by atoms with Crippen LogP contribution in [0, 0.1) is 5.82 Å². The lowest BCUT2D eigenvalue weighted by atomic mass is 10.2. The third-order valence-corrected chi connectivity index (χ3v) is 3.04. The normalized spacial score (nSPS) is 10.1. The van der Waals surface area contributed by atoms with E-state index in [1.807, 2.05) is 0 Å². The quantitative estimate of drug-likeness (QED) is 0.789. The highest BCUT2D eigenvalue weighted by atomic mass is 35.5. The molecule has 2 aromatic carbocycles. The summed E-state index contributed by atoms with van der Waals surface area (Å²) in [5.41, 5.74) is 0.290. The molecule has 7 heteroatoms. The Bertz CT molecular complexity index is 722. The Morgan fingerprint density at radius 1 is 1.14 bits per heavy atom. The molecule has 0 aliphatic heterocycles. The van der Waals surface area contributed by atoms with Crippen molar-refractivity contribution in [2.45, 2.75) is 0 Å². The Morgan fingerprint density at radius 3 is 2.55 bits per heavy atom. The van der Waals surface area contributed by atoms with Gasteiger partial charge in [-0.2, -0.15) is 0 Å². The van der Waals surface area contributed by atoms with E-state index in [0.717, 1.165) is 6.07 Å². The maximum absolute atomic E-state index is 13.5. The van der Waals surface area contributed by atoms with Crippen LogP contribution in [-0.4, -0.2) is 23.5 Å². The molecule has 0 bridgehead atoms. The van der Waals surface area contributed by atoms with Crippen molar-refractivity contribution in [2.75, 3.05) is 17.2 Å². The molecule has 0 spiro atoms. The molecule has 2 aromatic rings. The van der Waals surface area contributed by atoms with E-state index in [1.165, 1.54) is 24.3 Å². The van der Waals surface area contributed by atoms with Crippen molar-refractivity contribution in [3.05, 3.63) is 58.9 Å². The summed E-state index contributed by atoms with van der Waals surface area (Å²) in [5.74, 6) is -2.22. The molecule has 2 rings (SSSR count). The molecule has 0 aliphatic rings. The van der Waals surface area contributed by atoms with Gasteiger partial charge in [0.05, 0.1) is 23.5 Å². The molecule has 0 fully saturated rings. The van der Waals surface area contributed by atoms with Gasteiger partial charge in [0.25, 0.3) is 0 Å². The average Bonchev–Trinajstić information content (AvgIpc) is 2.46. The van der Waals surface area contributed by atoms with E-state index >= 15 is 0 Å². The van der Waals surface area contributed by atoms with Crippen LogP contribution < -0.4 is 10.6 Å². The number of benzene rings is 2. The molecule has 22 heavy (non-hydrogen) atoms. The lowest BCUT2D eigenvalue weighted by Gasteiger charge is -2.10. The van der Waals surface area contributed by atoms with E-state index in [-0.39, 0.29) is 28.5 Å². The second kappa shape index (κ2) is 6.91. The zero-order valence-electron chi connectivity index (χ0n) is 11.3. The van der Waals surface area contributed by atoms with Crippen molar-refractivity contribution in [1.82, 2.24) is 0 Å². The molecule has 0 unspecified atom stereocenters. The predicted octanol–water partition coefficient (Wildman–Crippen LogP) is 3.23. The van der Waals surface area contributed by atoms with Gasteiger partial charge in [-0.15, -0.1) is 0 Å². The fourth-order valence-electron chi connectivity index (χ4n) is 1.78. The molecule has 3 N–H and O–H groups in total. The summed E-state index contributed by atoms with van der Waals surface area (Å²) in [7, 11) is 0. The smallest absolute Gasteiger partial charge is 0.337 e. The number of para-hydroxylation sites is 1. The summed E-state index contributed by atoms with van der Waals surface area (Å²) in [6.07, 6.45) is 0. The van der Waals surface area contributed by atoms with Crippen molar-refractivity contribution >= 4 is 34.9 Å². The van der Waals surface area contributed by atoms with Gasteiger partial charge in [-0.1, -0.05) is 23.7 Å². The van der Waals surface area contributed by atoms with Crippen LogP contribution in [0.2, 0.25) is 5.02 Å². The summed E-state index contributed by atoms with van der Waals surface area (Å²) in [6.45, 7) is -0.216. The minimum absolute atomic E-state index is 0.0199. The molecule has 0 aromatic heterocycles. The second-order valence-corrected chi connectivity index (χ2v) is 4.81. The molecular formula is C15H12ClFN2O3. The fourth-order valence-corrected chi connectivity index (χ4v) is 1.94. The largest absolute Gasteiger partial charge is 0.478 e. The number of hydrogen-bond donors (Lipinski definition) is 3. The van der Waals surface area contributed by atoms with E-state index in [1.54, 1.807) is 12.1 Å². The third kappa shape index (κ3) is 3.95. The highest BCUT2D eigenvalue weighted by Crippen LogP contribution is 2.19. The molecular weight excluding hydrogens is 311 g/mol. The Balaban J connectivity index is 2.00. The van der Waals surface area contributed by atoms with Crippen LogP contribution in [-0.2, 0) is 4.79 Å². The minimum atomic E-state index is -1.15. The number of nitrogens with one attached hydrogen (secondary N) is 2. The molecule has 0 heterocycles. The average molecular weight is 323 g/mol. The standard InChI is InChI=1S/C15H12ClFN2O3/c16-9-5-6-13(11(17)7-9)18-8-14(20)19-12-4-2-1-3-10(12)15(21)22/h1-7,18H,8H2,(H,19,20)(H,21,22). The zero-order valence-corrected chi connectivity index (χ0v) is 12.0. The van der Waals surface area contributed by atoms with Crippen LogP contribution in [0.5, 0.6) is 0 Å². The van der Waals surface area contributed by atoms with Crippen molar-refractivity contribution in [1.29, 1.82) is 0 Å². The van der Waals surface area contributed by atoms with Crippen LogP contribution in [0.3, 0.4) is 0 Å². The lowest BCUT2D eigenvalue weighted by Crippen LogP contribution is -2.23. The molecule has 0 radical (unpaired) electrons. The second-order valence-electron chi connectivity index (χ2n) is 4.38. The fraction of sp³-hybridized carbons (Fsp3) is 0.0667.